The molecule has 0 aliphatic heterocycles. The molecule has 6 nitrogen and oxygen atoms in total. The van der Waals surface area contributed by atoms with Gasteiger partial charge in [-0.15, -0.1) is 0 Å². The van der Waals surface area contributed by atoms with Crippen LogP contribution in [0.15, 0.2) is 11.0 Å². The normalized spacial score (nSPS) is 10.8. The summed E-state index contributed by atoms with van der Waals surface area (Å²) >= 11 is 0. The van der Waals surface area contributed by atoms with Crippen molar-refractivity contribution >= 4 is 11.6 Å². The van der Waals surface area contributed by atoms with Crippen LogP contribution in [0.2, 0.25) is 0 Å². The van der Waals surface area contributed by atoms with Crippen LogP contribution in [-0.2, 0) is 4.74 Å². The maximum atomic E-state index is 11.7. The summed E-state index contributed by atoms with van der Waals surface area (Å²) < 4.78 is 6.28. The molecule has 1 N–H and O–H groups in total. The number of hydrogen-bond acceptors (Lipinski definition) is 4. The number of ether oxygens (including phenoxy) is 1. The minimum Gasteiger partial charge on any atom is -0.462 e. The van der Waals surface area contributed by atoms with Crippen LogP contribution in [0.4, 0.5) is 0 Å². The third-order valence-electron chi connectivity index (χ3n) is 2.61. The van der Waals surface area contributed by atoms with Gasteiger partial charge in [0.05, 0.1) is 18.5 Å². The molecule has 0 saturated heterocycles. The molecular weight excluding hydrogens is 222 g/mol. The van der Waals surface area contributed by atoms with Gasteiger partial charge in [-0.2, -0.15) is 5.10 Å². The van der Waals surface area contributed by atoms with Crippen molar-refractivity contribution in [2.75, 3.05) is 6.61 Å². The molecule has 2 aromatic rings. The number of carbonyl (C=O) groups is 1. The van der Waals surface area contributed by atoms with Crippen molar-refractivity contribution in [1.82, 2.24) is 14.6 Å². The van der Waals surface area contributed by atoms with Crippen molar-refractivity contribution in [1.29, 1.82) is 0 Å². The Morgan fingerprint density at radius 3 is 2.88 bits per heavy atom. The third kappa shape index (κ3) is 1.82. The molecule has 0 amide bonds. The number of hydrogen-bond donors (Lipinski definition) is 1. The fourth-order valence-corrected chi connectivity index (χ4v) is 1.58. The molecule has 0 aromatic carbocycles. The highest BCUT2D eigenvalue weighted by Crippen LogP contribution is 2.10. The topological polar surface area (TPSA) is 76.5 Å². The lowest BCUT2D eigenvalue weighted by Gasteiger charge is -2.01. The van der Waals surface area contributed by atoms with Gasteiger partial charge in [0, 0.05) is 5.56 Å². The number of H-pyrrole nitrogens is 1. The summed E-state index contributed by atoms with van der Waals surface area (Å²) in [5.41, 5.74) is 1.79. The van der Waals surface area contributed by atoms with Gasteiger partial charge < -0.3 is 9.72 Å². The number of aryl methyl sites for hydroxylation is 2. The molecule has 6 heteroatoms. The molecule has 0 saturated carbocycles. The van der Waals surface area contributed by atoms with Gasteiger partial charge in [0.2, 0.25) is 0 Å². The monoisotopic (exact) mass is 235 g/mol. The van der Waals surface area contributed by atoms with Crippen LogP contribution in [0.3, 0.4) is 0 Å². The van der Waals surface area contributed by atoms with Crippen molar-refractivity contribution in [2.24, 2.45) is 0 Å². The molecule has 0 atom stereocenters. The zero-order valence-corrected chi connectivity index (χ0v) is 9.90. The average Bonchev–Trinajstić information content (AvgIpc) is 2.55. The predicted molar refractivity (Wildman–Crippen MR) is 61.2 cm³/mol. The number of esters is 1. The van der Waals surface area contributed by atoms with Crippen LogP contribution < -0.4 is 5.56 Å². The zero-order chi connectivity index (χ0) is 12.6. The number of nitrogens with zero attached hydrogens (tertiary/aromatic N) is 2. The number of rotatable bonds is 2. The summed E-state index contributed by atoms with van der Waals surface area (Å²) in [6, 6.07) is 0. The maximum Gasteiger partial charge on any atom is 0.345 e. The molecule has 0 spiro atoms. The van der Waals surface area contributed by atoms with Crippen molar-refractivity contribution in [2.45, 2.75) is 20.8 Å². The highest BCUT2D eigenvalue weighted by atomic mass is 16.5. The molecule has 0 bridgehead atoms. The van der Waals surface area contributed by atoms with Gasteiger partial charge in [0.25, 0.3) is 5.56 Å². The van der Waals surface area contributed by atoms with Gasteiger partial charge in [-0.1, -0.05) is 0 Å². The molecule has 90 valence electrons. The Bertz CT molecular complexity index is 639. The van der Waals surface area contributed by atoms with Crippen LogP contribution in [0.1, 0.15) is 28.5 Å². The summed E-state index contributed by atoms with van der Waals surface area (Å²) in [6.45, 7) is 5.61. The first-order chi connectivity index (χ1) is 8.04. The van der Waals surface area contributed by atoms with E-state index in [9.17, 15) is 9.59 Å². The molecule has 17 heavy (non-hydrogen) atoms. The Kier molecular flexibility index (Phi) is 2.71. The van der Waals surface area contributed by atoms with Gasteiger partial charge in [0.1, 0.15) is 11.2 Å². The number of aromatic amines is 1. The Hall–Kier alpha value is -2.11. The van der Waals surface area contributed by atoms with E-state index in [1.807, 2.05) is 13.8 Å². The molecular formula is C11H13N3O3. The first-order valence-electron chi connectivity index (χ1n) is 5.30. The highest BCUT2D eigenvalue weighted by molar-refractivity contribution is 5.88. The maximum absolute atomic E-state index is 11.7. The Labute approximate surface area is 97.2 Å². The van der Waals surface area contributed by atoms with Crippen molar-refractivity contribution < 1.29 is 9.53 Å². The lowest BCUT2D eigenvalue weighted by Crippen LogP contribution is -2.21. The first kappa shape index (κ1) is 11.4. The average molecular weight is 235 g/mol. The van der Waals surface area contributed by atoms with Crippen LogP contribution in [0.5, 0.6) is 0 Å². The molecule has 0 fully saturated rings. The van der Waals surface area contributed by atoms with Crippen molar-refractivity contribution in [3.63, 3.8) is 0 Å². The largest absolute Gasteiger partial charge is 0.462 e. The van der Waals surface area contributed by atoms with Crippen LogP contribution in [-0.4, -0.2) is 27.2 Å². The van der Waals surface area contributed by atoms with E-state index in [4.69, 9.17) is 4.74 Å². The quantitative estimate of drug-likeness (QED) is 0.782. The lowest BCUT2D eigenvalue weighted by molar-refractivity contribution is 0.0523. The van der Waals surface area contributed by atoms with Gasteiger partial charge in [-0.25, -0.2) is 9.31 Å². The third-order valence-corrected chi connectivity index (χ3v) is 2.61. The van der Waals surface area contributed by atoms with E-state index < -0.39 is 11.5 Å². The summed E-state index contributed by atoms with van der Waals surface area (Å²) in [5.74, 6) is -0.638. The minimum absolute atomic E-state index is 0.0400. The summed E-state index contributed by atoms with van der Waals surface area (Å²) in [4.78, 5) is 25.9. The number of nitrogens with one attached hydrogen (secondary N) is 1. The van der Waals surface area contributed by atoms with E-state index in [0.29, 0.717) is 5.65 Å². The molecule has 0 aliphatic rings. The summed E-state index contributed by atoms with van der Waals surface area (Å²) in [6.07, 6.45) is 1.40. The van der Waals surface area contributed by atoms with E-state index in [1.54, 1.807) is 6.92 Å². The Morgan fingerprint density at radius 2 is 2.24 bits per heavy atom. The van der Waals surface area contributed by atoms with E-state index in [1.165, 1.54) is 10.7 Å². The van der Waals surface area contributed by atoms with Crippen LogP contribution in [0, 0.1) is 13.8 Å². The van der Waals surface area contributed by atoms with E-state index >= 15 is 0 Å². The molecule has 2 aromatic heterocycles. The van der Waals surface area contributed by atoms with Gasteiger partial charge >= 0.3 is 5.97 Å². The van der Waals surface area contributed by atoms with E-state index in [2.05, 4.69) is 10.1 Å². The Morgan fingerprint density at radius 1 is 1.53 bits per heavy atom. The van der Waals surface area contributed by atoms with Gasteiger partial charge in [-0.05, 0) is 20.8 Å². The second-order valence-corrected chi connectivity index (χ2v) is 3.72. The summed E-state index contributed by atoms with van der Waals surface area (Å²) in [7, 11) is 0. The number of fused-ring (bicyclic) bond motifs is 1. The van der Waals surface area contributed by atoms with Gasteiger partial charge in [-0.3, -0.25) is 4.79 Å². The standard InChI is InChI=1S/C11H13N3O3/c1-4-17-11(16)8-5-14-9(12-10(8)15)6(2)7(3)13-14/h5H,4H2,1-3H3,(H,12,15). The molecule has 0 radical (unpaired) electrons. The number of carbonyl (C=O) groups excluding carboxylic acids is 1. The zero-order valence-electron chi connectivity index (χ0n) is 9.90. The van der Waals surface area contributed by atoms with Gasteiger partial charge in [0.15, 0.2) is 0 Å². The second-order valence-electron chi connectivity index (χ2n) is 3.72. The second kappa shape index (κ2) is 4.04. The first-order valence-corrected chi connectivity index (χ1v) is 5.30. The molecule has 2 heterocycles. The van der Waals surface area contributed by atoms with Crippen LogP contribution in [0.25, 0.3) is 5.65 Å². The highest BCUT2D eigenvalue weighted by Gasteiger charge is 2.15. The fourth-order valence-electron chi connectivity index (χ4n) is 1.58. The van der Waals surface area contributed by atoms with E-state index in [-0.39, 0.29) is 12.2 Å². The summed E-state index contributed by atoms with van der Waals surface area (Å²) in [5, 5.41) is 4.20. The Balaban J connectivity index is 2.64. The number of aromatic nitrogens is 3. The lowest BCUT2D eigenvalue weighted by atomic mass is 10.3. The molecule has 2 rings (SSSR count). The predicted octanol–water partition coefficient (Wildman–Crippen LogP) is 0.816. The van der Waals surface area contributed by atoms with Crippen molar-refractivity contribution in [3.05, 3.63) is 33.4 Å². The fraction of sp³-hybridized carbons (Fsp3) is 0.364. The minimum atomic E-state index is -0.638. The molecule has 0 aliphatic carbocycles. The van der Waals surface area contributed by atoms with Crippen LogP contribution >= 0.6 is 0 Å². The smallest absolute Gasteiger partial charge is 0.345 e. The molecule has 0 unspecified atom stereocenters. The SMILES string of the molecule is CCOC(=O)c1cn2nc(C)c(C)c2[nH]c1=O. The van der Waals surface area contributed by atoms with Crippen molar-refractivity contribution in [3.8, 4) is 0 Å². The van der Waals surface area contributed by atoms with E-state index in [0.717, 1.165) is 11.3 Å².